The van der Waals surface area contributed by atoms with Gasteiger partial charge >= 0.3 is 5.97 Å². The summed E-state index contributed by atoms with van der Waals surface area (Å²) >= 11 is 3.16. The van der Waals surface area contributed by atoms with Gasteiger partial charge in [0, 0.05) is 5.56 Å². The molecule has 1 heterocycles. The molecule has 0 spiro atoms. The number of benzene rings is 1. The lowest BCUT2D eigenvalue weighted by Gasteiger charge is -2.21. The van der Waals surface area contributed by atoms with E-state index in [1.54, 1.807) is 18.2 Å². The van der Waals surface area contributed by atoms with Crippen LogP contribution in [0.15, 0.2) is 45.5 Å². The van der Waals surface area contributed by atoms with Gasteiger partial charge in [-0.25, -0.2) is 4.79 Å². The zero-order valence-electron chi connectivity index (χ0n) is 11.1. The summed E-state index contributed by atoms with van der Waals surface area (Å²) in [5.41, 5.74) is 0.884. The third-order valence-electron chi connectivity index (χ3n) is 2.67. The molecule has 0 aliphatic heterocycles. The maximum absolute atomic E-state index is 12.0. The summed E-state index contributed by atoms with van der Waals surface area (Å²) in [6.07, 6.45) is 0. The standard InChI is InChI=1S/C15H15BrO3/c1-15(2,3)10-6-4-5-7-11(10)19-14(17)12-8-9-13(16)18-12/h4-9H,1-3H3. The van der Waals surface area contributed by atoms with Crippen molar-refractivity contribution in [1.82, 2.24) is 0 Å². The fourth-order valence-electron chi connectivity index (χ4n) is 1.75. The SMILES string of the molecule is CC(C)(C)c1ccccc1OC(=O)c1ccc(Br)o1. The molecule has 19 heavy (non-hydrogen) atoms. The first kappa shape index (κ1) is 13.9. The highest BCUT2D eigenvalue weighted by molar-refractivity contribution is 9.10. The van der Waals surface area contributed by atoms with Crippen molar-refractivity contribution >= 4 is 21.9 Å². The van der Waals surface area contributed by atoms with E-state index in [4.69, 9.17) is 9.15 Å². The van der Waals surface area contributed by atoms with Crippen LogP contribution in [-0.2, 0) is 5.41 Å². The fraction of sp³-hybridized carbons (Fsp3) is 0.267. The van der Waals surface area contributed by atoms with Crippen LogP contribution in [0.3, 0.4) is 0 Å². The highest BCUT2D eigenvalue weighted by atomic mass is 79.9. The van der Waals surface area contributed by atoms with Crippen molar-refractivity contribution in [3.63, 3.8) is 0 Å². The normalized spacial score (nSPS) is 11.4. The number of ether oxygens (including phenoxy) is 1. The van der Waals surface area contributed by atoms with Crippen LogP contribution in [0.25, 0.3) is 0 Å². The van der Waals surface area contributed by atoms with Crippen molar-refractivity contribution in [3.05, 3.63) is 52.4 Å². The lowest BCUT2D eigenvalue weighted by molar-refractivity contribution is 0.0697. The smallest absolute Gasteiger partial charge is 0.379 e. The van der Waals surface area contributed by atoms with Gasteiger partial charge in [0.2, 0.25) is 5.76 Å². The summed E-state index contributed by atoms with van der Waals surface area (Å²) in [6.45, 7) is 6.22. The number of halogens is 1. The monoisotopic (exact) mass is 322 g/mol. The molecule has 4 heteroatoms. The fourth-order valence-corrected chi connectivity index (χ4v) is 2.06. The van der Waals surface area contributed by atoms with Crippen LogP contribution in [-0.4, -0.2) is 5.97 Å². The Labute approximate surface area is 120 Å². The molecule has 0 unspecified atom stereocenters. The van der Waals surface area contributed by atoms with E-state index in [-0.39, 0.29) is 11.2 Å². The molecular formula is C15H15BrO3. The number of hydrogen-bond acceptors (Lipinski definition) is 3. The molecule has 2 aromatic rings. The molecule has 0 radical (unpaired) electrons. The van der Waals surface area contributed by atoms with Gasteiger partial charge in [-0.05, 0) is 39.5 Å². The zero-order chi connectivity index (χ0) is 14.0. The minimum atomic E-state index is -0.498. The predicted molar refractivity (Wildman–Crippen MR) is 76.5 cm³/mol. The second-order valence-electron chi connectivity index (χ2n) is 5.24. The van der Waals surface area contributed by atoms with Crippen LogP contribution < -0.4 is 4.74 Å². The predicted octanol–water partition coefficient (Wildman–Crippen LogP) is 4.56. The quantitative estimate of drug-likeness (QED) is 0.601. The molecule has 3 nitrogen and oxygen atoms in total. The molecule has 0 N–H and O–H groups in total. The van der Waals surface area contributed by atoms with Crippen molar-refractivity contribution in [2.45, 2.75) is 26.2 Å². The highest BCUT2D eigenvalue weighted by Crippen LogP contribution is 2.31. The molecule has 0 fully saturated rings. The van der Waals surface area contributed by atoms with Crippen molar-refractivity contribution in [2.75, 3.05) is 0 Å². The van der Waals surface area contributed by atoms with E-state index in [1.165, 1.54) is 0 Å². The number of para-hydroxylation sites is 1. The topological polar surface area (TPSA) is 39.4 Å². The summed E-state index contributed by atoms with van der Waals surface area (Å²) in [7, 11) is 0. The molecule has 0 atom stereocenters. The molecule has 2 rings (SSSR count). The molecule has 1 aromatic heterocycles. The Morgan fingerprint density at radius 1 is 1.16 bits per heavy atom. The van der Waals surface area contributed by atoms with Crippen molar-refractivity contribution in [2.24, 2.45) is 0 Å². The first-order valence-electron chi connectivity index (χ1n) is 5.95. The van der Waals surface area contributed by atoms with Gasteiger partial charge in [-0.3, -0.25) is 0 Å². The van der Waals surface area contributed by atoms with E-state index >= 15 is 0 Å². The van der Waals surface area contributed by atoms with Crippen LogP contribution in [0.2, 0.25) is 0 Å². The summed E-state index contributed by atoms with van der Waals surface area (Å²) in [5, 5.41) is 0. The maximum Gasteiger partial charge on any atom is 0.379 e. The Morgan fingerprint density at radius 2 is 1.84 bits per heavy atom. The number of carbonyl (C=O) groups is 1. The summed E-state index contributed by atoms with van der Waals surface area (Å²) in [5.74, 6) is 0.241. The molecule has 0 saturated heterocycles. The summed E-state index contributed by atoms with van der Waals surface area (Å²) in [4.78, 5) is 12.0. The van der Waals surface area contributed by atoms with Crippen molar-refractivity contribution < 1.29 is 13.9 Å². The van der Waals surface area contributed by atoms with Crippen LogP contribution in [0, 0.1) is 0 Å². The van der Waals surface area contributed by atoms with E-state index in [9.17, 15) is 4.79 Å². The zero-order valence-corrected chi connectivity index (χ0v) is 12.7. The average Bonchev–Trinajstić information content (AvgIpc) is 2.75. The van der Waals surface area contributed by atoms with E-state index in [2.05, 4.69) is 36.7 Å². The third-order valence-corrected chi connectivity index (χ3v) is 3.10. The van der Waals surface area contributed by atoms with E-state index in [0.29, 0.717) is 10.4 Å². The largest absolute Gasteiger partial charge is 0.442 e. The Bertz CT molecular complexity index is 593. The number of rotatable bonds is 2. The van der Waals surface area contributed by atoms with Crippen LogP contribution in [0.4, 0.5) is 0 Å². The maximum atomic E-state index is 12.0. The molecule has 0 bridgehead atoms. The van der Waals surface area contributed by atoms with Crippen LogP contribution in [0.1, 0.15) is 36.9 Å². The van der Waals surface area contributed by atoms with Crippen LogP contribution >= 0.6 is 15.9 Å². The summed E-state index contributed by atoms with van der Waals surface area (Å²) < 4.78 is 11.1. The van der Waals surface area contributed by atoms with Crippen molar-refractivity contribution in [1.29, 1.82) is 0 Å². The Balaban J connectivity index is 2.27. The summed E-state index contributed by atoms with van der Waals surface area (Å²) in [6, 6.07) is 10.8. The number of hydrogen-bond donors (Lipinski definition) is 0. The third kappa shape index (κ3) is 3.26. The molecule has 100 valence electrons. The Morgan fingerprint density at radius 3 is 2.42 bits per heavy atom. The highest BCUT2D eigenvalue weighted by Gasteiger charge is 2.21. The van der Waals surface area contributed by atoms with E-state index in [0.717, 1.165) is 5.56 Å². The number of esters is 1. The first-order chi connectivity index (χ1) is 8.88. The average molecular weight is 323 g/mol. The first-order valence-corrected chi connectivity index (χ1v) is 6.74. The lowest BCUT2D eigenvalue weighted by atomic mass is 9.86. The molecule has 1 aromatic carbocycles. The van der Waals surface area contributed by atoms with Crippen LogP contribution in [0.5, 0.6) is 5.75 Å². The van der Waals surface area contributed by atoms with Gasteiger partial charge < -0.3 is 9.15 Å². The van der Waals surface area contributed by atoms with Gasteiger partial charge in [0.1, 0.15) is 5.75 Å². The molecule has 0 aliphatic carbocycles. The molecule has 0 saturated carbocycles. The Hall–Kier alpha value is -1.55. The minimum absolute atomic E-state index is 0.0966. The van der Waals surface area contributed by atoms with Gasteiger partial charge in [0.05, 0.1) is 0 Å². The lowest BCUT2D eigenvalue weighted by Crippen LogP contribution is -2.16. The van der Waals surface area contributed by atoms with E-state index < -0.39 is 5.97 Å². The van der Waals surface area contributed by atoms with Crippen molar-refractivity contribution in [3.8, 4) is 5.75 Å². The molecule has 0 aliphatic rings. The minimum Gasteiger partial charge on any atom is -0.442 e. The molecular weight excluding hydrogens is 308 g/mol. The number of carbonyl (C=O) groups excluding carboxylic acids is 1. The van der Waals surface area contributed by atoms with Gasteiger partial charge in [-0.1, -0.05) is 39.0 Å². The Kier molecular flexibility index (Phi) is 3.80. The second kappa shape index (κ2) is 5.21. The molecule has 0 amide bonds. The van der Waals surface area contributed by atoms with Gasteiger partial charge in [0.25, 0.3) is 0 Å². The van der Waals surface area contributed by atoms with Gasteiger partial charge in [-0.2, -0.15) is 0 Å². The van der Waals surface area contributed by atoms with E-state index in [1.807, 2.05) is 18.2 Å². The second-order valence-corrected chi connectivity index (χ2v) is 6.02. The number of furan rings is 1. The van der Waals surface area contributed by atoms with Gasteiger partial charge in [-0.15, -0.1) is 0 Å². The van der Waals surface area contributed by atoms with Gasteiger partial charge in [0.15, 0.2) is 4.67 Å².